The van der Waals surface area contributed by atoms with Gasteiger partial charge in [-0.3, -0.25) is 24.5 Å². The predicted molar refractivity (Wildman–Crippen MR) is 238 cm³/mol. The Kier molecular flexibility index (Phi) is 12.9. The molecule has 2 N–H and O–H groups in total. The zero-order chi connectivity index (χ0) is 47.6. The summed E-state index contributed by atoms with van der Waals surface area (Å²) < 4.78 is 45.9. The number of piperazine rings is 1. The number of anilines is 1. The molecule has 0 bridgehead atoms. The van der Waals surface area contributed by atoms with Crippen molar-refractivity contribution in [2.45, 2.75) is 19.0 Å². The maximum absolute atomic E-state index is 14.7. The molecule has 0 radical (unpaired) electrons. The molecule has 3 aromatic carbocycles. The number of halogens is 4. The quantitative estimate of drug-likeness (QED) is 0.0792. The number of rotatable bonds is 10. The number of likely N-dealkylation sites (tertiary alicyclic amines) is 1. The van der Waals surface area contributed by atoms with E-state index in [1.807, 2.05) is 0 Å². The van der Waals surface area contributed by atoms with Gasteiger partial charge in [-0.05, 0) is 31.0 Å². The van der Waals surface area contributed by atoms with E-state index in [2.05, 4.69) is 25.4 Å². The molecule has 67 heavy (non-hydrogen) atoms. The van der Waals surface area contributed by atoms with Crippen molar-refractivity contribution >= 4 is 58.2 Å². The summed E-state index contributed by atoms with van der Waals surface area (Å²) >= 11 is 6.54. The van der Waals surface area contributed by atoms with E-state index >= 15 is 0 Å². The number of hydrogen-bond donors (Lipinski definition) is 2. The number of carbonyl (C=O) groups excluding carboxylic acids is 3. The van der Waals surface area contributed by atoms with Gasteiger partial charge in [0.05, 0.1) is 38.7 Å². The maximum atomic E-state index is 14.7. The van der Waals surface area contributed by atoms with Gasteiger partial charge in [-0.2, -0.15) is 18.3 Å². The van der Waals surface area contributed by atoms with Crippen molar-refractivity contribution in [3.63, 3.8) is 0 Å². The summed E-state index contributed by atoms with van der Waals surface area (Å²) in [5.74, 6) is -2.06. The minimum atomic E-state index is -5.01. The zero-order valence-electron chi connectivity index (χ0n) is 35.4. The minimum Gasteiger partial charge on any atom is -0.465 e. The molecule has 6 aromatic rings. The lowest BCUT2D eigenvalue weighted by Gasteiger charge is -2.38. The molecule has 2 aliphatic heterocycles. The van der Waals surface area contributed by atoms with Crippen LogP contribution in [0.15, 0.2) is 109 Å². The highest BCUT2D eigenvalue weighted by atomic mass is 35.5. The van der Waals surface area contributed by atoms with Crippen LogP contribution in [0.2, 0.25) is 5.02 Å². The van der Waals surface area contributed by atoms with Gasteiger partial charge < -0.3 is 29.7 Å². The lowest BCUT2D eigenvalue weighted by Crippen LogP contribution is -2.53. The first-order valence-corrected chi connectivity index (χ1v) is 21.1. The number of nitro groups is 1. The summed E-state index contributed by atoms with van der Waals surface area (Å²) in [6.07, 6.45) is -2.16. The highest BCUT2D eigenvalue weighted by Gasteiger charge is 2.39. The van der Waals surface area contributed by atoms with Crippen molar-refractivity contribution in [3.8, 4) is 17.1 Å². The lowest BCUT2D eigenvalue weighted by molar-refractivity contribution is -0.384. The summed E-state index contributed by atoms with van der Waals surface area (Å²) in [6.45, 7) is 1.65. The second kappa shape index (κ2) is 18.9. The third-order valence-corrected chi connectivity index (χ3v) is 11.8. The molecule has 5 heterocycles. The van der Waals surface area contributed by atoms with Crippen LogP contribution < -0.4 is 5.32 Å². The van der Waals surface area contributed by atoms with E-state index in [0.29, 0.717) is 42.8 Å². The number of benzene rings is 3. The largest absolute Gasteiger partial charge is 0.465 e. The Morgan fingerprint density at radius 1 is 0.851 bits per heavy atom. The molecule has 0 saturated carbocycles. The second-order valence-electron chi connectivity index (χ2n) is 15.7. The number of aromatic nitrogens is 5. The standard InChI is InChI=1S/C45H39ClF3N11O7/c1-55-35(24-51-40(55)41(61)52-30-12-13-31(33(46)22-30)43(63)57-20-18-56(19-21-57)42(62)29-14-16-58(17-15-29)44(64)65)32-26-59(54-39(32)45(47,48)49)37-23-34(36(25-50-37)60(66)67)53-38(27-8-4-2-5-9-27)28-10-6-3-7-11-28/h2-13,22-26,29H,14-21H2,1H3,(H,52,61)(H,64,65). The number of piperidine rings is 1. The van der Waals surface area contributed by atoms with Crippen molar-refractivity contribution in [2.24, 2.45) is 18.0 Å². The van der Waals surface area contributed by atoms with Crippen molar-refractivity contribution < 1.29 is 42.4 Å². The molecule has 344 valence electrons. The molecule has 8 rings (SSSR count). The van der Waals surface area contributed by atoms with Gasteiger partial charge in [0.2, 0.25) is 5.91 Å². The Morgan fingerprint density at radius 3 is 2.06 bits per heavy atom. The van der Waals surface area contributed by atoms with E-state index < -0.39 is 46.0 Å². The molecule has 0 spiro atoms. The van der Waals surface area contributed by atoms with Gasteiger partial charge in [0.25, 0.3) is 11.8 Å². The Balaban J connectivity index is 0.988. The first kappa shape index (κ1) is 45.6. The monoisotopic (exact) mass is 937 g/mol. The first-order chi connectivity index (χ1) is 32.1. The number of carboxylic acid groups (broad SMARTS) is 1. The summed E-state index contributed by atoms with van der Waals surface area (Å²) in [5.41, 5.74) is -0.746. The third-order valence-electron chi connectivity index (χ3n) is 11.5. The Morgan fingerprint density at radius 2 is 1.48 bits per heavy atom. The Labute approximate surface area is 384 Å². The molecule has 0 atom stereocenters. The average Bonchev–Trinajstić information content (AvgIpc) is 3.95. The van der Waals surface area contributed by atoms with Gasteiger partial charge in [-0.15, -0.1) is 0 Å². The zero-order valence-corrected chi connectivity index (χ0v) is 36.2. The Bertz CT molecular complexity index is 2870. The fraction of sp³-hybridized carbons (Fsp3) is 0.244. The SMILES string of the molecule is Cn1c(-c2cn(-c3cc(N=C(c4ccccc4)c4ccccc4)c([N+](=O)[O-])cn3)nc2C(F)(F)F)cnc1C(=O)Nc1ccc(C(=O)N2CCN(C(=O)C3CCN(C(=O)O)CC3)CC2)c(Cl)c1. The van der Waals surface area contributed by atoms with Crippen LogP contribution in [-0.2, 0) is 18.0 Å². The molecular weight excluding hydrogens is 899 g/mol. The van der Waals surface area contributed by atoms with Gasteiger partial charge in [0, 0.05) is 81.3 Å². The van der Waals surface area contributed by atoms with E-state index in [9.17, 15) is 47.6 Å². The normalized spacial score (nSPS) is 14.4. The fourth-order valence-electron chi connectivity index (χ4n) is 7.98. The van der Waals surface area contributed by atoms with Gasteiger partial charge in [0.1, 0.15) is 11.9 Å². The summed E-state index contributed by atoms with van der Waals surface area (Å²) in [5, 5.41) is 27.8. The van der Waals surface area contributed by atoms with Crippen LogP contribution in [0, 0.1) is 16.0 Å². The average molecular weight is 938 g/mol. The molecule has 2 aliphatic rings. The van der Waals surface area contributed by atoms with E-state index in [-0.39, 0.29) is 77.3 Å². The molecule has 2 fully saturated rings. The van der Waals surface area contributed by atoms with Crippen LogP contribution in [0.4, 0.5) is 35.0 Å². The van der Waals surface area contributed by atoms with Crippen LogP contribution in [0.1, 0.15) is 50.6 Å². The van der Waals surface area contributed by atoms with Crippen LogP contribution in [0.5, 0.6) is 0 Å². The van der Waals surface area contributed by atoms with Crippen LogP contribution >= 0.6 is 11.6 Å². The number of nitrogens with one attached hydrogen (secondary N) is 1. The molecule has 3 aromatic heterocycles. The Hall–Kier alpha value is -7.94. The molecule has 2 saturated heterocycles. The molecule has 18 nitrogen and oxygen atoms in total. The van der Waals surface area contributed by atoms with E-state index in [1.54, 1.807) is 70.5 Å². The van der Waals surface area contributed by atoms with Crippen LogP contribution in [0.25, 0.3) is 17.1 Å². The summed E-state index contributed by atoms with van der Waals surface area (Å²) in [4.78, 5) is 80.2. The smallest absolute Gasteiger partial charge is 0.435 e. The summed E-state index contributed by atoms with van der Waals surface area (Å²) in [7, 11) is 1.34. The van der Waals surface area contributed by atoms with Crippen molar-refractivity contribution in [3.05, 3.63) is 147 Å². The molecule has 4 amide bonds. The van der Waals surface area contributed by atoms with Gasteiger partial charge in [0.15, 0.2) is 17.3 Å². The van der Waals surface area contributed by atoms with Crippen molar-refractivity contribution in [1.82, 2.24) is 39.0 Å². The van der Waals surface area contributed by atoms with E-state index in [4.69, 9.17) is 11.6 Å². The molecule has 0 aliphatic carbocycles. The van der Waals surface area contributed by atoms with Gasteiger partial charge in [-0.25, -0.2) is 24.4 Å². The number of alkyl halides is 3. The number of pyridine rings is 1. The molecule has 0 unspecified atom stereocenters. The number of hydrogen-bond acceptors (Lipinski definition) is 10. The van der Waals surface area contributed by atoms with Crippen molar-refractivity contribution in [2.75, 3.05) is 44.6 Å². The highest BCUT2D eigenvalue weighted by Crippen LogP contribution is 2.38. The van der Waals surface area contributed by atoms with Crippen LogP contribution in [-0.4, -0.2) is 118 Å². The molecule has 22 heteroatoms. The second-order valence-corrected chi connectivity index (χ2v) is 16.1. The third kappa shape index (κ3) is 9.71. The van der Waals surface area contributed by atoms with Crippen LogP contribution in [0.3, 0.4) is 0 Å². The van der Waals surface area contributed by atoms with E-state index in [0.717, 1.165) is 33.9 Å². The number of amides is 4. The number of aliphatic imine (C=N–C) groups is 1. The first-order valence-electron chi connectivity index (χ1n) is 20.8. The minimum absolute atomic E-state index is 0.0133. The highest BCUT2D eigenvalue weighted by molar-refractivity contribution is 6.34. The lowest BCUT2D eigenvalue weighted by atomic mass is 9.95. The van der Waals surface area contributed by atoms with E-state index in [1.165, 1.54) is 30.1 Å². The van der Waals surface area contributed by atoms with Gasteiger partial charge in [-0.1, -0.05) is 72.3 Å². The predicted octanol–water partition coefficient (Wildman–Crippen LogP) is 7.34. The topological polar surface area (TPSA) is 214 Å². The number of nitrogens with zero attached hydrogens (tertiary/aromatic N) is 10. The maximum Gasteiger partial charge on any atom is 0.435 e. The van der Waals surface area contributed by atoms with Crippen molar-refractivity contribution in [1.29, 1.82) is 0 Å². The van der Waals surface area contributed by atoms with Gasteiger partial charge >= 0.3 is 18.0 Å². The summed E-state index contributed by atoms with van der Waals surface area (Å²) in [6, 6.07) is 23.1. The number of imidazole rings is 1. The number of carbonyl (C=O) groups is 4. The molecular formula is C45H39ClF3N11O7. The fourth-order valence-corrected chi connectivity index (χ4v) is 8.24.